The topological polar surface area (TPSA) is 51.3 Å². The van der Waals surface area contributed by atoms with Crippen molar-refractivity contribution in [3.63, 3.8) is 0 Å². The Hall–Kier alpha value is -1.29. The Bertz CT molecular complexity index is 459. The van der Waals surface area contributed by atoms with E-state index >= 15 is 0 Å². The second kappa shape index (κ2) is 6.24. The van der Waals surface area contributed by atoms with Gasteiger partial charge in [0, 0.05) is 43.1 Å². The number of rotatable bonds is 4. The van der Waals surface area contributed by atoms with Crippen LogP contribution >= 0.6 is 0 Å². The SMILES string of the molecule is CC1CCCC(C)N1CCCn1cc(N)ccc1=O. The molecule has 0 aliphatic carbocycles. The van der Waals surface area contributed by atoms with Gasteiger partial charge in [-0.15, -0.1) is 0 Å². The van der Waals surface area contributed by atoms with Gasteiger partial charge in [0.1, 0.15) is 0 Å². The van der Waals surface area contributed by atoms with Crippen molar-refractivity contribution in [2.24, 2.45) is 0 Å². The summed E-state index contributed by atoms with van der Waals surface area (Å²) >= 11 is 0. The van der Waals surface area contributed by atoms with Crippen molar-refractivity contribution in [3.8, 4) is 0 Å². The van der Waals surface area contributed by atoms with E-state index in [-0.39, 0.29) is 5.56 Å². The highest BCUT2D eigenvalue weighted by molar-refractivity contribution is 5.33. The predicted octanol–water partition coefficient (Wildman–Crippen LogP) is 2.08. The van der Waals surface area contributed by atoms with E-state index in [1.54, 1.807) is 22.9 Å². The van der Waals surface area contributed by atoms with Crippen molar-refractivity contribution in [1.82, 2.24) is 9.47 Å². The van der Waals surface area contributed by atoms with Crippen LogP contribution in [0.2, 0.25) is 0 Å². The molecule has 2 rings (SSSR count). The number of hydrogen-bond donors (Lipinski definition) is 1. The Morgan fingerprint density at radius 1 is 1.21 bits per heavy atom. The third-order valence-corrected chi connectivity index (χ3v) is 4.20. The van der Waals surface area contributed by atoms with Crippen molar-refractivity contribution in [2.45, 2.75) is 58.2 Å². The first kappa shape index (κ1) is 14.1. The Morgan fingerprint density at radius 2 is 1.89 bits per heavy atom. The number of piperidine rings is 1. The second-order valence-electron chi connectivity index (χ2n) is 5.71. The van der Waals surface area contributed by atoms with E-state index in [2.05, 4.69) is 18.7 Å². The molecule has 0 bridgehead atoms. The average molecular weight is 263 g/mol. The standard InChI is InChI=1S/C15H25N3O/c1-12-5-3-6-13(2)18(12)10-4-9-17-11-14(16)7-8-15(17)19/h7-8,11-13H,3-6,9-10,16H2,1-2H3. The highest BCUT2D eigenvalue weighted by atomic mass is 16.1. The van der Waals surface area contributed by atoms with Gasteiger partial charge in [0.15, 0.2) is 0 Å². The number of pyridine rings is 1. The third kappa shape index (κ3) is 3.60. The lowest BCUT2D eigenvalue weighted by Crippen LogP contribution is -2.44. The summed E-state index contributed by atoms with van der Waals surface area (Å²) < 4.78 is 1.72. The smallest absolute Gasteiger partial charge is 0.250 e. The van der Waals surface area contributed by atoms with Crippen LogP contribution in [-0.4, -0.2) is 28.1 Å². The van der Waals surface area contributed by atoms with Crippen LogP contribution < -0.4 is 11.3 Å². The van der Waals surface area contributed by atoms with Gasteiger partial charge in [-0.05, 0) is 39.2 Å². The molecule has 1 fully saturated rings. The summed E-state index contributed by atoms with van der Waals surface area (Å²) in [4.78, 5) is 14.2. The number of nitrogens with zero attached hydrogens (tertiary/aromatic N) is 2. The molecule has 1 aromatic rings. The molecule has 4 heteroatoms. The van der Waals surface area contributed by atoms with Crippen LogP contribution in [0.5, 0.6) is 0 Å². The molecule has 19 heavy (non-hydrogen) atoms. The van der Waals surface area contributed by atoms with Crippen molar-refractivity contribution in [3.05, 3.63) is 28.7 Å². The van der Waals surface area contributed by atoms with Crippen LogP contribution in [0.4, 0.5) is 5.69 Å². The first-order valence-electron chi connectivity index (χ1n) is 7.29. The summed E-state index contributed by atoms with van der Waals surface area (Å²) in [7, 11) is 0. The molecular formula is C15H25N3O. The zero-order valence-electron chi connectivity index (χ0n) is 12.0. The molecule has 0 radical (unpaired) electrons. The van der Waals surface area contributed by atoms with E-state index in [0.29, 0.717) is 17.8 Å². The minimum atomic E-state index is 0.0361. The van der Waals surface area contributed by atoms with E-state index in [4.69, 9.17) is 5.73 Å². The molecule has 4 nitrogen and oxygen atoms in total. The van der Waals surface area contributed by atoms with Crippen molar-refractivity contribution < 1.29 is 0 Å². The Morgan fingerprint density at radius 3 is 2.58 bits per heavy atom. The van der Waals surface area contributed by atoms with Gasteiger partial charge in [0.05, 0.1) is 0 Å². The van der Waals surface area contributed by atoms with E-state index in [1.165, 1.54) is 19.3 Å². The molecule has 0 amide bonds. The number of nitrogen functional groups attached to an aromatic ring is 1. The fourth-order valence-electron chi connectivity index (χ4n) is 3.06. The summed E-state index contributed by atoms with van der Waals surface area (Å²) in [5.41, 5.74) is 6.40. The molecule has 0 spiro atoms. The lowest BCUT2D eigenvalue weighted by atomic mass is 9.97. The molecule has 2 heterocycles. The van der Waals surface area contributed by atoms with Gasteiger partial charge in [0.25, 0.3) is 5.56 Å². The quantitative estimate of drug-likeness (QED) is 0.905. The van der Waals surface area contributed by atoms with Crippen molar-refractivity contribution in [2.75, 3.05) is 12.3 Å². The number of aromatic nitrogens is 1. The number of nitrogens with two attached hydrogens (primary N) is 1. The van der Waals surface area contributed by atoms with Crippen molar-refractivity contribution in [1.29, 1.82) is 0 Å². The van der Waals surface area contributed by atoms with Gasteiger partial charge in [-0.25, -0.2) is 0 Å². The number of hydrogen-bond acceptors (Lipinski definition) is 3. The molecule has 1 saturated heterocycles. The molecule has 1 aliphatic rings. The molecular weight excluding hydrogens is 238 g/mol. The molecule has 1 aliphatic heterocycles. The maximum absolute atomic E-state index is 11.7. The fraction of sp³-hybridized carbons (Fsp3) is 0.667. The molecule has 2 unspecified atom stereocenters. The largest absolute Gasteiger partial charge is 0.398 e. The molecule has 0 aromatic carbocycles. The Balaban J connectivity index is 1.89. The Kier molecular flexibility index (Phi) is 4.64. The zero-order valence-corrected chi connectivity index (χ0v) is 12.0. The summed E-state index contributed by atoms with van der Waals surface area (Å²) in [6.45, 7) is 6.42. The van der Waals surface area contributed by atoms with E-state index in [0.717, 1.165) is 19.5 Å². The summed E-state index contributed by atoms with van der Waals surface area (Å²) in [5, 5.41) is 0. The van der Waals surface area contributed by atoms with Gasteiger partial charge in [-0.1, -0.05) is 6.42 Å². The van der Waals surface area contributed by atoms with E-state index in [9.17, 15) is 4.79 Å². The minimum absolute atomic E-state index is 0.0361. The van der Waals surface area contributed by atoms with Crippen LogP contribution in [-0.2, 0) is 6.54 Å². The van der Waals surface area contributed by atoms with Crippen LogP contribution in [0, 0.1) is 0 Å². The zero-order chi connectivity index (χ0) is 13.8. The van der Waals surface area contributed by atoms with Crippen LogP contribution in [0.3, 0.4) is 0 Å². The number of likely N-dealkylation sites (tertiary alicyclic amines) is 1. The lowest BCUT2D eigenvalue weighted by molar-refractivity contribution is 0.100. The molecule has 2 N–H and O–H groups in total. The van der Waals surface area contributed by atoms with Crippen LogP contribution in [0.15, 0.2) is 23.1 Å². The Labute approximate surface area is 115 Å². The number of anilines is 1. The van der Waals surface area contributed by atoms with Gasteiger partial charge < -0.3 is 10.3 Å². The van der Waals surface area contributed by atoms with Crippen LogP contribution in [0.25, 0.3) is 0 Å². The molecule has 1 aromatic heterocycles. The van der Waals surface area contributed by atoms with Crippen LogP contribution in [0.1, 0.15) is 39.5 Å². The monoisotopic (exact) mass is 263 g/mol. The highest BCUT2D eigenvalue weighted by Gasteiger charge is 2.23. The molecule has 0 saturated carbocycles. The first-order valence-corrected chi connectivity index (χ1v) is 7.29. The van der Waals surface area contributed by atoms with E-state index in [1.807, 2.05) is 0 Å². The maximum Gasteiger partial charge on any atom is 0.250 e. The number of aryl methyl sites for hydroxylation is 1. The average Bonchev–Trinajstić information content (AvgIpc) is 2.37. The van der Waals surface area contributed by atoms with Crippen molar-refractivity contribution >= 4 is 5.69 Å². The normalized spacial score (nSPS) is 24.5. The maximum atomic E-state index is 11.7. The molecule has 2 atom stereocenters. The fourth-order valence-corrected chi connectivity index (χ4v) is 3.06. The van der Waals surface area contributed by atoms with E-state index < -0.39 is 0 Å². The minimum Gasteiger partial charge on any atom is -0.398 e. The predicted molar refractivity (Wildman–Crippen MR) is 79.2 cm³/mol. The van der Waals surface area contributed by atoms with Gasteiger partial charge in [-0.3, -0.25) is 9.69 Å². The lowest BCUT2D eigenvalue weighted by Gasteiger charge is -2.39. The third-order valence-electron chi connectivity index (χ3n) is 4.20. The van der Waals surface area contributed by atoms with Gasteiger partial charge in [-0.2, -0.15) is 0 Å². The summed E-state index contributed by atoms with van der Waals surface area (Å²) in [6.07, 6.45) is 6.67. The first-order chi connectivity index (χ1) is 9.08. The summed E-state index contributed by atoms with van der Waals surface area (Å²) in [6, 6.07) is 4.54. The second-order valence-corrected chi connectivity index (χ2v) is 5.71. The van der Waals surface area contributed by atoms with Gasteiger partial charge in [0.2, 0.25) is 0 Å². The van der Waals surface area contributed by atoms with Gasteiger partial charge >= 0.3 is 0 Å². The highest BCUT2D eigenvalue weighted by Crippen LogP contribution is 2.22. The summed E-state index contributed by atoms with van der Waals surface area (Å²) in [5.74, 6) is 0. The molecule has 106 valence electrons.